The fourth-order valence-electron chi connectivity index (χ4n) is 3.95. The minimum absolute atomic E-state index is 0.0282. The van der Waals surface area contributed by atoms with Gasteiger partial charge in [-0.3, -0.25) is 0 Å². The van der Waals surface area contributed by atoms with Gasteiger partial charge < -0.3 is 15.0 Å². The Morgan fingerprint density at radius 2 is 1.75 bits per heavy atom. The van der Waals surface area contributed by atoms with Crippen LogP contribution in [0, 0.1) is 20.8 Å². The van der Waals surface area contributed by atoms with E-state index in [1.54, 1.807) is 4.57 Å². The summed E-state index contributed by atoms with van der Waals surface area (Å²) in [6.07, 6.45) is 0. The molecule has 0 aliphatic carbocycles. The lowest BCUT2D eigenvalue weighted by Crippen LogP contribution is -2.08. The molecule has 2 N–H and O–H groups in total. The minimum atomic E-state index is 0.0282. The number of thiocarbonyl (C=S) groups is 1. The van der Waals surface area contributed by atoms with Gasteiger partial charge in [0.2, 0.25) is 11.0 Å². The highest BCUT2D eigenvalue weighted by Gasteiger charge is 2.17. The standard InChI is InChI=1S/C25H23ClN4OS/c1-15-11-16(2)22(17(3)12-15)27-25(32)29-28-23-20-9-4-5-10-21(20)30(24(23)31)14-18-7-6-8-19(26)13-18/h4-13,31H,14H2,1-3H3,(H,27,32). The molecule has 0 unspecified atom stereocenters. The van der Waals surface area contributed by atoms with Gasteiger partial charge in [-0.05, 0) is 67.9 Å². The molecule has 1 aromatic heterocycles. The average Bonchev–Trinajstić information content (AvgIpc) is 3.00. The van der Waals surface area contributed by atoms with Crippen LogP contribution in [0.4, 0.5) is 11.4 Å². The first-order valence-electron chi connectivity index (χ1n) is 10.2. The van der Waals surface area contributed by atoms with E-state index in [2.05, 4.69) is 34.6 Å². The Kier molecular flexibility index (Phi) is 6.26. The van der Waals surface area contributed by atoms with Crippen LogP contribution < -0.4 is 5.32 Å². The molecule has 0 radical (unpaired) electrons. The smallest absolute Gasteiger partial charge is 0.221 e. The molecule has 4 rings (SSSR count). The fraction of sp³-hybridized carbons (Fsp3) is 0.160. The summed E-state index contributed by atoms with van der Waals surface area (Å²) >= 11 is 11.5. The van der Waals surface area contributed by atoms with Crippen LogP contribution in [0.25, 0.3) is 10.9 Å². The fourth-order valence-corrected chi connectivity index (χ4v) is 4.31. The van der Waals surface area contributed by atoms with Gasteiger partial charge in [0.1, 0.15) is 0 Å². The molecule has 0 saturated carbocycles. The maximum absolute atomic E-state index is 11.0. The number of rotatable bonds is 4. The summed E-state index contributed by atoms with van der Waals surface area (Å²) in [6.45, 7) is 6.56. The van der Waals surface area contributed by atoms with Crippen molar-refractivity contribution in [2.24, 2.45) is 10.2 Å². The van der Waals surface area contributed by atoms with Crippen molar-refractivity contribution in [3.63, 3.8) is 0 Å². The number of aromatic nitrogens is 1. The van der Waals surface area contributed by atoms with E-state index < -0.39 is 0 Å². The number of hydrogen-bond donors (Lipinski definition) is 2. The normalized spacial score (nSPS) is 11.4. The second kappa shape index (κ2) is 9.10. The Balaban J connectivity index is 1.65. The molecule has 4 aromatic rings. The molecule has 1 heterocycles. The highest BCUT2D eigenvalue weighted by molar-refractivity contribution is 7.80. The topological polar surface area (TPSA) is 61.9 Å². The van der Waals surface area contributed by atoms with Crippen molar-refractivity contribution in [2.45, 2.75) is 27.3 Å². The number of para-hydroxylation sites is 1. The van der Waals surface area contributed by atoms with E-state index in [4.69, 9.17) is 23.8 Å². The van der Waals surface area contributed by atoms with Crippen molar-refractivity contribution in [1.29, 1.82) is 0 Å². The number of nitrogens with zero attached hydrogens (tertiary/aromatic N) is 3. The molecule has 5 nitrogen and oxygen atoms in total. The number of aryl methyl sites for hydroxylation is 3. The van der Waals surface area contributed by atoms with E-state index >= 15 is 0 Å². The van der Waals surface area contributed by atoms with Gasteiger partial charge in [0.25, 0.3) is 0 Å². The molecule has 0 saturated heterocycles. The Bertz CT molecular complexity index is 1340. The largest absolute Gasteiger partial charge is 0.493 e. The molecule has 0 fully saturated rings. The Hall–Kier alpha value is -3.22. The average molecular weight is 463 g/mol. The molecule has 0 aliphatic rings. The first-order chi connectivity index (χ1) is 15.3. The zero-order valence-electron chi connectivity index (χ0n) is 18.1. The third-order valence-electron chi connectivity index (χ3n) is 5.30. The molecule has 7 heteroatoms. The lowest BCUT2D eigenvalue weighted by Gasteiger charge is -2.12. The van der Waals surface area contributed by atoms with Crippen molar-refractivity contribution in [2.75, 3.05) is 5.32 Å². The summed E-state index contributed by atoms with van der Waals surface area (Å²) in [6, 6.07) is 19.4. The van der Waals surface area contributed by atoms with Gasteiger partial charge in [-0.2, -0.15) is 0 Å². The minimum Gasteiger partial charge on any atom is -0.493 e. The highest BCUT2D eigenvalue weighted by Crippen LogP contribution is 2.39. The number of benzene rings is 3. The second-order valence-electron chi connectivity index (χ2n) is 7.81. The SMILES string of the molecule is Cc1cc(C)c(NC(=S)N=Nc2c(O)n(Cc3cccc(Cl)c3)c3ccccc23)c(C)c1. The monoisotopic (exact) mass is 462 g/mol. The maximum Gasteiger partial charge on any atom is 0.221 e. The van der Waals surface area contributed by atoms with E-state index in [-0.39, 0.29) is 11.0 Å². The molecule has 0 atom stereocenters. The molecular weight excluding hydrogens is 440 g/mol. The summed E-state index contributed by atoms with van der Waals surface area (Å²) in [7, 11) is 0. The summed E-state index contributed by atoms with van der Waals surface area (Å²) in [5, 5.41) is 24.3. The van der Waals surface area contributed by atoms with Crippen molar-refractivity contribution in [1.82, 2.24) is 4.57 Å². The predicted octanol–water partition coefficient (Wildman–Crippen LogP) is 7.45. The van der Waals surface area contributed by atoms with E-state index in [9.17, 15) is 5.11 Å². The maximum atomic E-state index is 11.0. The van der Waals surface area contributed by atoms with Crippen LogP contribution in [0.3, 0.4) is 0 Å². The Morgan fingerprint density at radius 3 is 2.47 bits per heavy atom. The van der Waals surface area contributed by atoms with Crippen LogP contribution in [-0.2, 0) is 6.54 Å². The van der Waals surface area contributed by atoms with E-state index in [0.717, 1.165) is 33.3 Å². The summed E-state index contributed by atoms with van der Waals surface area (Å²) in [5.41, 5.74) is 6.48. The molecular formula is C25H23ClN4OS. The predicted molar refractivity (Wildman–Crippen MR) is 136 cm³/mol. The van der Waals surface area contributed by atoms with Crippen LogP contribution in [0.15, 0.2) is 70.9 Å². The zero-order chi connectivity index (χ0) is 22.8. The molecule has 162 valence electrons. The lowest BCUT2D eigenvalue weighted by molar-refractivity contribution is 0.429. The van der Waals surface area contributed by atoms with Gasteiger partial charge in [0.05, 0.1) is 12.1 Å². The number of hydrogen-bond acceptors (Lipinski definition) is 3. The molecule has 0 bridgehead atoms. The van der Waals surface area contributed by atoms with Gasteiger partial charge in [0.15, 0.2) is 5.69 Å². The third-order valence-corrected chi connectivity index (χ3v) is 5.72. The number of fused-ring (bicyclic) bond motifs is 1. The van der Waals surface area contributed by atoms with Crippen LogP contribution in [-0.4, -0.2) is 14.8 Å². The number of anilines is 1. The Morgan fingerprint density at radius 1 is 1.03 bits per heavy atom. The van der Waals surface area contributed by atoms with Crippen molar-refractivity contribution in [3.8, 4) is 5.88 Å². The number of halogens is 1. The molecule has 32 heavy (non-hydrogen) atoms. The van der Waals surface area contributed by atoms with Gasteiger partial charge in [0, 0.05) is 16.1 Å². The first kappa shape index (κ1) is 22.0. The van der Waals surface area contributed by atoms with Crippen molar-refractivity contribution in [3.05, 3.63) is 87.9 Å². The van der Waals surface area contributed by atoms with Crippen LogP contribution >= 0.6 is 23.8 Å². The van der Waals surface area contributed by atoms with Gasteiger partial charge in [-0.25, -0.2) is 0 Å². The third kappa shape index (κ3) is 4.52. The zero-order valence-corrected chi connectivity index (χ0v) is 19.6. The van der Waals surface area contributed by atoms with Crippen molar-refractivity contribution >= 4 is 51.2 Å². The summed E-state index contributed by atoms with van der Waals surface area (Å²) in [4.78, 5) is 0. The summed E-state index contributed by atoms with van der Waals surface area (Å²) < 4.78 is 1.79. The van der Waals surface area contributed by atoms with Crippen molar-refractivity contribution < 1.29 is 5.11 Å². The highest BCUT2D eigenvalue weighted by atomic mass is 35.5. The van der Waals surface area contributed by atoms with Crippen LogP contribution in [0.1, 0.15) is 22.3 Å². The number of aromatic hydroxyl groups is 1. The summed E-state index contributed by atoms with van der Waals surface area (Å²) in [5.74, 6) is 0.0282. The molecule has 0 spiro atoms. The number of nitrogens with one attached hydrogen (secondary N) is 1. The second-order valence-corrected chi connectivity index (χ2v) is 8.63. The Labute approximate surface area is 197 Å². The molecule has 3 aromatic carbocycles. The molecule has 0 aliphatic heterocycles. The van der Waals surface area contributed by atoms with Gasteiger partial charge in [-0.15, -0.1) is 10.2 Å². The number of azo groups is 1. The first-order valence-corrected chi connectivity index (χ1v) is 11.0. The van der Waals surface area contributed by atoms with Crippen LogP contribution in [0.5, 0.6) is 5.88 Å². The lowest BCUT2D eigenvalue weighted by atomic mass is 10.1. The quantitative estimate of drug-likeness (QED) is 0.244. The van der Waals surface area contributed by atoms with Gasteiger partial charge >= 0.3 is 0 Å². The van der Waals surface area contributed by atoms with E-state index in [0.29, 0.717) is 17.3 Å². The van der Waals surface area contributed by atoms with E-state index in [1.165, 1.54) is 5.56 Å². The van der Waals surface area contributed by atoms with E-state index in [1.807, 2.05) is 62.4 Å². The molecule has 0 amide bonds. The van der Waals surface area contributed by atoms with Crippen LogP contribution in [0.2, 0.25) is 5.02 Å². The van der Waals surface area contributed by atoms with Gasteiger partial charge in [-0.1, -0.05) is 59.6 Å².